The van der Waals surface area contributed by atoms with Gasteiger partial charge in [0.15, 0.2) is 11.5 Å². The molecule has 1 amide bonds. The predicted octanol–water partition coefficient (Wildman–Crippen LogP) is 3.37. The summed E-state index contributed by atoms with van der Waals surface area (Å²) in [5, 5.41) is 2.64. The van der Waals surface area contributed by atoms with Crippen molar-refractivity contribution in [1.82, 2.24) is 5.32 Å². The van der Waals surface area contributed by atoms with Gasteiger partial charge in [0.2, 0.25) is 15.9 Å². The van der Waals surface area contributed by atoms with Crippen LogP contribution in [0, 0.1) is 0 Å². The number of hydrogen-bond donors (Lipinski definition) is 1. The molecule has 0 spiro atoms. The number of sulfonamides is 1. The Hall–Kier alpha value is -2.95. The zero-order valence-electron chi connectivity index (χ0n) is 17.4. The molecule has 0 fully saturated rings. The van der Waals surface area contributed by atoms with Crippen LogP contribution in [0.5, 0.6) is 11.5 Å². The molecular formula is C20H23F3N2O5S. The summed E-state index contributed by atoms with van der Waals surface area (Å²) in [4.78, 5) is 12.5. The van der Waals surface area contributed by atoms with Crippen LogP contribution >= 0.6 is 0 Å². The number of nitrogens with zero attached hydrogens (tertiary/aromatic N) is 1. The predicted molar refractivity (Wildman–Crippen MR) is 110 cm³/mol. The van der Waals surface area contributed by atoms with Crippen molar-refractivity contribution in [1.29, 1.82) is 0 Å². The number of nitrogens with one attached hydrogen (secondary N) is 1. The van der Waals surface area contributed by atoms with E-state index < -0.39 is 40.3 Å². The van der Waals surface area contributed by atoms with Crippen molar-refractivity contribution in [3.8, 4) is 11.5 Å². The van der Waals surface area contributed by atoms with Gasteiger partial charge in [0.1, 0.15) is 6.54 Å². The minimum atomic E-state index is -4.65. The largest absolute Gasteiger partial charge is 0.493 e. The fourth-order valence-electron chi connectivity index (χ4n) is 2.86. The normalized spacial score (nSPS) is 12.7. The number of methoxy groups -OCH3 is 2. The monoisotopic (exact) mass is 460 g/mol. The van der Waals surface area contributed by atoms with Crippen LogP contribution in [0.2, 0.25) is 0 Å². The van der Waals surface area contributed by atoms with Crippen LogP contribution in [0.25, 0.3) is 0 Å². The molecule has 31 heavy (non-hydrogen) atoms. The summed E-state index contributed by atoms with van der Waals surface area (Å²) in [6.45, 7) is 0.992. The first-order valence-corrected chi connectivity index (χ1v) is 10.9. The van der Waals surface area contributed by atoms with Gasteiger partial charge >= 0.3 is 6.18 Å². The summed E-state index contributed by atoms with van der Waals surface area (Å²) < 4.78 is 74.3. The quantitative estimate of drug-likeness (QED) is 0.653. The van der Waals surface area contributed by atoms with Crippen molar-refractivity contribution in [2.24, 2.45) is 0 Å². The number of carbonyl (C=O) groups is 1. The molecule has 0 aromatic heterocycles. The van der Waals surface area contributed by atoms with Gasteiger partial charge in [-0.1, -0.05) is 12.1 Å². The Morgan fingerprint density at radius 2 is 1.74 bits per heavy atom. The molecule has 7 nitrogen and oxygen atoms in total. The van der Waals surface area contributed by atoms with E-state index in [0.29, 0.717) is 27.4 Å². The summed E-state index contributed by atoms with van der Waals surface area (Å²) in [5.74, 6) is 0.255. The van der Waals surface area contributed by atoms with Gasteiger partial charge in [-0.25, -0.2) is 8.42 Å². The molecule has 0 saturated heterocycles. The van der Waals surface area contributed by atoms with E-state index >= 15 is 0 Å². The van der Waals surface area contributed by atoms with Crippen molar-refractivity contribution in [3.63, 3.8) is 0 Å². The molecule has 2 rings (SSSR count). The first kappa shape index (κ1) is 24.3. The lowest BCUT2D eigenvalue weighted by atomic mass is 10.1. The lowest BCUT2D eigenvalue weighted by Gasteiger charge is -2.24. The second-order valence-corrected chi connectivity index (χ2v) is 8.63. The molecule has 0 radical (unpaired) electrons. The van der Waals surface area contributed by atoms with Crippen molar-refractivity contribution in [2.45, 2.75) is 19.1 Å². The lowest BCUT2D eigenvalue weighted by molar-refractivity contribution is -0.137. The van der Waals surface area contributed by atoms with Crippen LogP contribution in [-0.2, 0) is 21.0 Å². The molecule has 0 aliphatic rings. The van der Waals surface area contributed by atoms with Crippen molar-refractivity contribution >= 4 is 21.6 Å². The van der Waals surface area contributed by atoms with E-state index in [1.807, 2.05) is 0 Å². The summed E-state index contributed by atoms with van der Waals surface area (Å²) >= 11 is 0. The van der Waals surface area contributed by atoms with Gasteiger partial charge in [0.05, 0.1) is 37.8 Å². The van der Waals surface area contributed by atoms with Crippen LogP contribution in [0.15, 0.2) is 42.5 Å². The summed E-state index contributed by atoms with van der Waals surface area (Å²) in [7, 11) is -1.08. The standard InChI is InChI=1S/C20H23F3N2O5S/c1-13(14-8-9-17(29-2)18(10-14)30-3)24-19(26)12-25(31(4,27)28)16-7-5-6-15(11-16)20(21,22)23/h5-11,13H,12H2,1-4H3,(H,24,26)/t13-/m1/s1. The maximum Gasteiger partial charge on any atom is 0.416 e. The van der Waals surface area contributed by atoms with E-state index in [0.717, 1.165) is 18.4 Å². The average molecular weight is 460 g/mol. The van der Waals surface area contributed by atoms with E-state index in [9.17, 15) is 26.4 Å². The van der Waals surface area contributed by atoms with E-state index in [1.54, 1.807) is 25.1 Å². The maximum atomic E-state index is 13.0. The highest BCUT2D eigenvalue weighted by atomic mass is 32.2. The molecular weight excluding hydrogens is 437 g/mol. The lowest BCUT2D eigenvalue weighted by Crippen LogP contribution is -2.41. The molecule has 0 saturated carbocycles. The molecule has 0 heterocycles. The third-order valence-electron chi connectivity index (χ3n) is 4.43. The highest BCUT2D eigenvalue weighted by Crippen LogP contribution is 2.32. The zero-order chi connectivity index (χ0) is 23.4. The van der Waals surface area contributed by atoms with E-state index in [4.69, 9.17) is 9.47 Å². The number of carbonyl (C=O) groups excluding carboxylic acids is 1. The highest BCUT2D eigenvalue weighted by molar-refractivity contribution is 7.92. The maximum absolute atomic E-state index is 13.0. The molecule has 0 aliphatic heterocycles. The van der Waals surface area contributed by atoms with Gasteiger partial charge in [-0.2, -0.15) is 13.2 Å². The molecule has 1 N–H and O–H groups in total. The number of benzene rings is 2. The smallest absolute Gasteiger partial charge is 0.416 e. The minimum absolute atomic E-state index is 0.258. The van der Waals surface area contributed by atoms with E-state index in [-0.39, 0.29) is 5.69 Å². The molecule has 0 unspecified atom stereocenters. The first-order valence-electron chi connectivity index (χ1n) is 9.03. The van der Waals surface area contributed by atoms with Gasteiger partial charge in [-0.15, -0.1) is 0 Å². The zero-order valence-corrected chi connectivity index (χ0v) is 18.2. The highest BCUT2D eigenvalue weighted by Gasteiger charge is 2.32. The third kappa shape index (κ3) is 6.27. The van der Waals surface area contributed by atoms with Crippen LogP contribution in [0.4, 0.5) is 18.9 Å². The molecule has 0 aliphatic carbocycles. The Bertz CT molecular complexity index is 1040. The van der Waals surface area contributed by atoms with Gasteiger partial charge < -0.3 is 14.8 Å². The Labute approximate surface area is 178 Å². The summed E-state index contributed by atoms with van der Waals surface area (Å²) in [5.41, 5.74) is -0.611. The van der Waals surface area contributed by atoms with Crippen LogP contribution in [-0.4, -0.2) is 41.3 Å². The Balaban J connectivity index is 2.23. The molecule has 170 valence electrons. The molecule has 11 heteroatoms. The fourth-order valence-corrected chi connectivity index (χ4v) is 3.71. The van der Waals surface area contributed by atoms with Gasteiger partial charge in [-0.05, 0) is 42.8 Å². The molecule has 1 atom stereocenters. The Kier molecular flexibility index (Phi) is 7.42. The number of halogens is 3. The second-order valence-electron chi connectivity index (χ2n) is 6.72. The number of anilines is 1. The second kappa shape index (κ2) is 9.46. The average Bonchev–Trinajstić information content (AvgIpc) is 2.70. The van der Waals surface area contributed by atoms with Crippen LogP contribution in [0.3, 0.4) is 0 Å². The Morgan fingerprint density at radius 3 is 2.29 bits per heavy atom. The van der Waals surface area contributed by atoms with Gasteiger partial charge in [0, 0.05) is 0 Å². The number of amides is 1. The molecule has 0 bridgehead atoms. The number of ether oxygens (including phenoxy) is 2. The van der Waals surface area contributed by atoms with Crippen molar-refractivity contribution < 1.29 is 35.9 Å². The van der Waals surface area contributed by atoms with Crippen molar-refractivity contribution in [3.05, 3.63) is 53.6 Å². The summed E-state index contributed by atoms with van der Waals surface area (Å²) in [6.07, 6.45) is -3.83. The number of hydrogen-bond acceptors (Lipinski definition) is 5. The number of rotatable bonds is 8. The number of alkyl halides is 3. The topological polar surface area (TPSA) is 84.9 Å². The summed E-state index contributed by atoms with van der Waals surface area (Å²) in [6, 6.07) is 8.27. The van der Waals surface area contributed by atoms with Crippen LogP contribution < -0.4 is 19.1 Å². The van der Waals surface area contributed by atoms with E-state index in [2.05, 4.69) is 5.32 Å². The van der Waals surface area contributed by atoms with E-state index in [1.165, 1.54) is 20.3 Å². The molecule has 2 aromatic rings. The minimum Gasteiger partial charge on any atom is -0.493 e. The third-order valence-corrected chi connectivity index (χ3v) is 5.57. The van der Waals surface area contributed by atoms with Crippen LogP contribution in [0.1, 0.15) is 24.1 Å². The SMILES string of the molecule is COc1ccc([C@@H](C)NC(=O)CN(c2cccc(C(F)(F)F)c2)S(C)(=O)=O)cc1OC. The van der Waals surface area contributed by atoms with Gasteiger partial charge in [-0.3, -0.25) is 9.10 Å². The Morgan fingerprint density at radius 1 is 1.10 bits per heavy atom. The first-order chi connectivity index (χ1) is 14.4. The van der Waals surface area contributed by atoms with Crippen molar-refractivity contribution in [2.75, 3.05) is 31.3 Å². The molecule has 2 aromatic carbocycles. The fraction of sp³-hybridized carbons (Fsp3) is 0.350. The van der Waals surface area contributed by atoms with Gasteiger partial charge in [0.25, 0.3) is 0 Å².